The largest absolute Gasteiger partial charge is 0.464 e. The van der Waals surface area contributed by atoms with Gasteiger partial charge in [0.2, 0.25) is 0 Å². The Morgan fingerprint density at radius 1 is 1.15 bits per heavy atom. The van der Waals surface area contributed by atoms with E-state index in [2.05, 4.69) is 24.4 Å². The van der Waals surface area contributed by atoms with Crippen LogP contribution in [0.3, 0.4) is 0 Å². The minimum atomic E-state index is 0.599. The Balaban J connectivity index is 1.60. The molecular weight excluding hydrogens is 246 g/mol. The standard InChI is InChI=1S/C18H25NO/c1-14(15-8-4-2-3-5-9-15)19-12-16-13-20-18-11-7-6-10-17(16)18/h6-7,10-11,13-15,19H,2-5,8-9,12H2,1H3/t14-/m0/s1. The first-order valence-electron chi connectivity index (χ1n) is 8.03. The Labute approximate surface area is 121 Å². The Morgan fingerprint density at radius 3 is 2.70 bits per heavy atom. The highest BCUT2D eigenvalue weighted by Gasteiger charge is 2.18. The first kappa shape index (κ1) is 13.7. The van der Waals surface area contributed by atoms with Crippen molar-refractivity contribution in [1.29, 1.82) is 0 Å². The molecule has 0 aliphatic heterocycles. The van der Waals surface area contributed by atoms with E-state index < -0.39 is 0 Å². The maximum Gasteiger partial charge on any atom is 0.134 e. The third-order valence-electron chi connectivity index (χ3n) is 4.78. The van der Waals surface area contributed by atoms with E-state index in [-0.39, 0.29) is 0 Å². The summed E-state index contributed by atoms with van der Waals surface area (Å²) < 4.78 is 5.61. The van der Waals surface area contributed by atoms with E-state index in [1.54, 1.807) is 0 Å². The molecule has 108 valence electrons. The molecule has 1 heterocycles. The van der Waals surface area contributed by atoms with E-state index >= 15 is 0 Å². The summed E-state index contributed by atoms with van der Waals surface area (Å²) in [5.74, 6) is 0.843. The summed E-state index contributed by atoms with van der Waals surface area (Å²) in [5, 5.41) is 4.96. The molecule has 2 heteroatoms. The average molecular weight is 271 g/mol. The van der Waals surface area contributed by atoms with Gasteiger partial charge in [0.15, 0.2) is 0 Å². The van der Waals surface area contributed by atoms with Crippen molar-refractivity contribution >= 4 is 11.0 Å². The van der Waals surface area contributed by atoms with Crippen molar-refractivity contribution in [3.63, 3.8) is 0 Å². The van der Waals surface area contributed by atoms with Crippen molar-refractivity contribution in [3.8, 4) is 0 Å². The van der Waals surface area contributed by atoms with E-state index in [9.17, 15) is 0 Å². The predicted molar refractivity (Wildman–Crippen MR) is 83.7 cm³/mol. The highest BCUT2D eigenvalue weighted by molar-refractivity contribution is 5.80. The molecule has 0 unspecified atom stereocenters. The molecular formula is C18H25NO. The molecule has 1 aliphatic rings. The fourth-order valence-corrected chi connectivity index (χ4v) is 3.42. The molecule has 0 bridgehead atoms. The minimum absolute atomic E-state index is 0.599. The van der Waals surface area contributed by atoms with Gasteiger partial charge in [0.25, 0.3) is 0 Å². The van der Waals surface area contributed by atoms with Gasteiger partial charge in [0.05, 0.1) is 6.26 Å². The van der Waals surface area contributed by atoms with Crippen molar-refractivity contribution in [3.05, 3.63) is 36.1 Å². The van der Waals surface area contributed by atoms with Crippen molar-refractivity contribution in [2.45, 2.75) is 58.0 Å². The second-order valence-electron chi connectivity index (χ2n) is 6.18. The van der Waals surface area contributed by atoms with Crippen molar-refractivity contribution in [2.75, 3.05) is 0 Å². The number of furan rings is 1. The summed E-state index contributed by atoms with van der Waals surface area (Å²) >= 11 is 0. The van der Waals surface area contributed by atoms with Gasteiger partial charge in [0.1, 0.15) is 5.58 Å². The fraction of sp³-hybridized carbons (Fsp3) is 0.556. The van der Waals surface area contributed by atoms with Gasteiger partial charge >= 0.3 is 0 Å². The molecule has 0 saturated heterocycles. The summed E-state index contributed by atoms with van der Waals surface area (Å²) in [7, 11) is 0. The minimum Gasteiger partial charge on any atom is -0.464 e. The van der Waals surface area contributed by atoms with E-state index in [4.69, 9.17) is 4.42 Å². The van der Waals surface area contributed by atoms with Gasteiger partial charge in [-0.05, 0) is 31.7 Å². The normalized spacial score (nSPS) is 19.1. The average Bonchev–Trinajstić information content (AvgIpc) is 2.70. The van der Waals surface area contributed by atoms with Gasteiger partial charge in [-0.1, -0.05) is 43.9 Å². The lowest BCUT2D eigenvalue weighted by molar-refractivity contribution is 0.336. The number of rotatable bonds is 4. The lowest BCUT2D eigenvalue weighted by Crippen LogP contribution is -2.32. The van der Waals surface area contributed by atoms with E-state index in [0.717, 1.165) is 18.0 Å². The summed E-state index contributed by atoms with van der Waals surface area (Å²) in [6.45, 7) is 3.26. The smallest absolute Gasteiger partial charge is 0.134 e. The molecule has 0 radical (unpaired) electrons. The van der Waals surface area contributed by atoms with E-state index in [1.807, 2.05) is 18.4 Å². The Hall–Kier alpha value is -1.28. The zero-order chi connectivity index (χ0) is 13.8. The van der Waals surface area contributed by atoms with Crippen LogP contribution in [0.15, 0.2) is 34.9 Å². The van der Waals surface area contributed by atoms with Crippen LogP contribution < -0.4 is 5.32 Å². The van der Waals surface area contributed by atoms with Crippen LogP contribution >= 0.6 is 0 Å². The van der Waals surface area contributed by atoms with E-state index in [0.29, 0.717) is 6.04 Å². The molecule has 0 spiro atoms. The quantitative estimate of drug-likeness (QED) is 0.802. The summed E-state index contributed by atoms with van der Waals surface area (Å²) in [6, 6.07) is 8.88. The van der Waals surface area contributed by atoms with Crippen LogP contribution in [0.25, 0.3) is 11.0 Å². The topological polar surface area (TPSA) is 25.2 Å². The van der Waals surface area contributed by atoms with Crippen LogP contribution in [0.4, 0.5) is 0 Å². The van der Waals surface area contributed by atoms with Crippen LogP contribution in [-0.4, -0.2) is 6.04 Å². The number of fused-ring (bicyclic) bond motifs is 1. The second kappa shape index (κ2) is 6.45. The molecule has 1 aromatic carbocycles. The molecule has 20 heavy (non-hydrogen) atoms. The highest BCUT2D eigenvalue weighted by atomic mass is 16.3. The van der Waals surface area contributed by atoms with Crippen LogP contribution in [0, 0.1) is 5.92 Å². The molecule has 0 amide bonds. The Morgan fingerprint density at radius 2 is 1.90 bits per heavy atom. The van der Waals surface area contributed by atoms with Gasteiger partial charge in [0, 0.05) is 23.5 Å². The summed E-state index contributed by atoms with van der Waals surface area (Å²) in [4.78, 5) is 0. The Kier molecular flexibility index (Phi) is 4.41. The van der Waals surface area contributed by atoms with Crippen LogP contribution in [-0.2, 0) is 6.54 Å². The third-order valence-corrected chi connectivity index (χ3v) is 4.78. The monoisotopic (exact) mass is 271 g/mol. The lowest BCUT2D eigenvalue weighted by atomic mass is 9.93. The molecule has 3 rings (SSSR count). The maximum atomic E-state index is 5.61. The molecule has 1 aliphatic carbocycles. The molecule has 2 nitrogen and oxygen atoms in total. The molecule has 1 fully saturated rings. The summed E-state index contributed by atoms with van der Waals surface area (Å²) in [6.07, 6.45) is 10.3. The number of para-hydroxylation sites is 1. The molecule has 2 aromatic rings. The summed E-state index contributed by atoms with van der Waals surface area (Å²) in [5.41, 5.74) is 2.27. The third kappa shape index (κ3) is 3.06. The van der Waals surface area contributed by atoms with Crippen LogP contribution in [0.1, 0.15) is 51.0 Å². The number of hydrogen-bond donors (Lipinski definition) is 1. The molecule has 1 N–H and O–H groups in total. The molecule has 1 atom stereocenters. The zero-order valence-electron chi connectivity index (χ0n) is 12.4. The van der Waals surface area contributed by atoms with Gasteiger partial charge < -0.3 is 9.73 Å². The molecule has 1 saturated carbocycles. The highest BCUT2D eigenvalue weighted by Crippen LogP contribution is 2.26. The first-order valence-corrected chi connectivity index (χ1v) is 8.03. The Bertz CT molecular complexity index is 537. The second-order valence-corrected chi connectivity index (χ2v) is 6.18. The maximum absolute atomic E-state index is 5.61. The van der Waals surface area contributed by atoms with Crippen LogP contribution in [0.2, 0.25) is 0 Å². The van der Waals surface area contributed by atoms with Gasteiger partial charge in [-0.2, -0.15) is 0 Å². The van der Waals surface area contributed by atoms with Gasteiger partial charge in [-0.25, -0.2) is 0 Å². The van der Waals surface area contributed by atoms with Gasteiger partial charge in [-0.3, -0.25) is 0 Å². The first-order chi connectivity index (χ1) is 9.84. The number of benzene rings is 1. The number of nitrogens with one attached hydrogen (secondary N) is 1. The van der Waals surface area contributed by atoms with Crippen molar-refractivity contribution < 1.29 is 4.42 Å². The van der Waals surface area contributed by atoms with E-state index in [1.165, 1.54) is 49.5 Å². The fourth-order valence-electron chi connectivity index (χ4n) is 3.42. The molecule has 1 aromatic heterocycles. The lowest BCUT2D eigenvalue weighted by Gasteiger charge is -2.23. The SMILES string of the molecule is C[C@H](NCc1coc2ccccc12)C1CCCCCC1. The predicted octanol–water partition coefficient (Wildman–Crippen LogP) is 4.88. The number of hydrogen-bond acceptors (Lipinski definition) is 2. The zero-order valence-corrected chi connectivity index (χ0v) is 12.4. The van der Waals surface area contributed by atoms with Crippen molar-refractivity contribution in [1.82, 2.24) is 5.32 Å². The van der Waals surface area contributed by atoms with Crippen LogP contribution in [0.5, 0.6) is 0 Å². The van der Waals surface area contributed by atoms with Gasteiger partial charge in [-0.15, -0.1) is 0 Å². The van der Waals surface area contributed by atoms with Crippen molar-refractivity contribution in [2.24, 2.45) is 5.92 Å².